The first-order valence-electron chi connectivity index (χ1n) is 7.30. The van der Waals surface area contributed by atoms with Crippen LogP contribution < -0.4 is 14.2 Å². The topological polar surface area (TPSA) is 27.7 Å². The van der Waals surface area contributed by atoms with E-state index < -0.39 is 0 Å². The van der Waals surface area contributed by atoms with E-state index in [9.17, 15) is 0 Å². The van der Waals surface area contributed by atoms with E-state index in [1.807, 2.05) is 24.3 Å². The van der Waals surface area contributed by atoms with Gasteiger partial charge < -0.3 is 14.2 Å². The number of rotatable bonds is 2. The molecule has 2 heterocycles. The van der Waals surface area contributed by atoms with Gasteiger partial charge in [-0.1, -0.05) is 29.8 Å². The number of ether oxygens (including phenoxy) is 3. The van der Waals surface area contributed by atoms with E-state index in [4.69, 9.17) is 14.2 Å². The second-order valence-corrected chi connectivity index (χ2v) is 5.50. The predicted octanol–water partition coefficient (Wildman–Crippen LogP) is 4.21. The Bertz CT molecular complexity index is 787. The van der Waals surface area contributed by atoms with Gasteiger partial charge in [0.2, 0.25) is 6.79 Å². The van der Waals surface area contributed by atoms with Gasteiger partial charge >= 0.3 is 0 Å². The molecule has 3 nitrogen and oxygen atoms in total. The highest BCUT2D eigenvalue weighted by Gasteiger charge is 2.13. The van der Waals surface area contributed by atoms with E-state index in [1.54, 1.807) is 0 Å². The lowest BCUT2D eigenvalue weighted by atomic mass is 10.0. The summed E-state index contributed by atoms with van der Waals surface area (Å²) >= 11 is 0. The van der Waals surface area contributed by atoms with Gasteiger partial charge in [0.05, 0.1) is 0 Å². The average molecular weight is 292 g/mol. The van der Waals surface area contributed by atoms with E-state index in [0.717, 1.165) is 33.9 Å². The molecule has 0 bridgehead atoms. The Hall–Kier alpha value is -2.68. The SMILES string of the molecule is Cc1ccc2c(c1)C=C(/C=C/c1ccc3c(c1)OCO3)CO2. The zero-order valence-electron chi connectivity index (χ0n) is 12.3. The molecule has 0 saturated carbocycles. The summed E-state index contributed by atoms with van der Waals surface area (Å²) in [6.45, 7) is 2.99. The molecule has 3 heteroatoms. The molecule has 0 unspecified atom stereocenters. The van der Waals surface area contributed by atoms with Crippen LogP contribution in [0.4, 0.5) is 0 Å². The van der Waals surface area contributed by atoms with Gasteiger partial charge in [-0.25, -0.2) is 0 Å². The largest absolute Gasteiger partial charge is 0.488 e. The minimum atomic E-state index is 0.303. The van der Waals surface area contributed by atoms with Crippen molar-refractivity contribution in [1.29, 1.82) is 0 Å². The fraction of sp³-hybridized carbons (Fsp3) is 0.158. The number of fused-ring (bicyclic) bond motifs is 2. The molecule has 2 aromatic rings. The Labute approximate surface area is 129 Å². The van der Waals surface area contributed by atoms with Gasteiger partial charge in [-0.05, 0) is 48.4 Å². The van der Waals surface area contributed by atoms with Crippen LogP contribution in [0.3, 0.4) is 0 Å². The normalized spacial score (nSPS) is 15.4. The van der Waals surface area contributed by atoms with Crippen molar-refractivity contribution >= 4 is 12.2 Å². The van der Waals surface area contributed by atoms with Crippen molar-refractivity contribution in [1.82, 2.24) is 0 Å². The van der Waals surface area contributed by atoms with Gasteiger partial charge in [-0.15, -0.1) is 0 Å². The molecule has 0 radical (unpaired) electrons. The summed E-state index contributed by atoms with van der Waals surface area (Å²) in [5.74, 6) is 2.56. The van der Waals surface area contributed by atoms with Crippen molar-refractivity contribution in [2.24, 2.45) is 0 Å². The maximum absolute atomic E-state index is 5.79. The molecular weight excluding hydrogens is 276 g/mol. The summed E-state index contributed by atoms with van der Waals surface area (Å²) in [6.07, 6.45) is 6.33. The van der Waals surface area contributed by atoms with E-state index in [1.165, 1.54) is 5.56 Å². The van der Waals surface area contributed by atoms with Gasteiger partial charge in [0.25, 0.3) is 0 Å². The molecule has 2 aliphatic rings. The van der Waals surface area contributed by atoms with Gasteiger partial charge in [0.1, 0.15) is 12.4 Å². The zero-order chi connectivity index (χ0) is 14.9. The Morgan fingerprint density at radius 3 is 2.68 bits per heavy atom. The monoisotopic (exact) mass is 292 g/mol. The van der Waals surface area contributed by atoms with Crippen molar-refractivity contribution in [3.63, 3.8) is 0 Å². The molecule has 0 aromatic heterocycles. The van der Waals surface area contributed by atoms with Gasteiger partial charge in [-0.3, -0.25) is 0 Å². The molecule has 0 atom stereocenters. The third-order valence-corrected chi connectivity index (χ3v) is 3.79. The highest BCUT2D eigenvalue weighted by molar-refractivity contribution is 5.68. The Kier molecular flexibility index (Phi) is 3.11. The highest BCUT2D eigenvalue weighted by Crippen LogP contribution is 2.33. The maximum atomic E-state index is 5.79. The molecule has 2 aromatic carbocycles. The molecule has 22 heavy (non-hydrogen) atoms. The van der Waals surface area contributed by atoms with Crippen molar-refractivity contribution in [2.75, 3.05) is 13.4 Å². The van der Waals surface area contributed by atoms with Crippen LogP contribution in [0.1, 0.15) is 16.7 Å². The number of hydrogen-bond donors (Lipinski definition) is 0. The van der Waals surface area contributed by atoms with Gasteiger partial charge in [0, 0.05) is 5.56 Å². The Morgan fingerprint density at radius 1 is 0.864 bits per heavy atom. The molecule has 0 spiro atoms. The van der Waals surface area contributed by atoms with Crippen LogP contribution in [0.25, 0.3) is 12.2 Å². The van der Waals surface area contributed by atoms with Gasteiger partial charge in [-0.2, -0.15) is 0 Å². The molecule has 0 saturated heterocycles. The molecular formula is C19H16O3. The van der Waals surface area contributed by atoms with Crippen molar-refractivity contribution in [3.05, 3.63) is 64.7 Å². The van der Waals surface area contributed by atoms with Gasteiger partial charge in [0.15, 0.2) is 11.5 Å². The van der Waals surface area contributed by atoms with E-state index >= 15 is 0 Å². The average Bonchev–Trinajstić information content (AvgIpc) is 3.00. The van der Waals surface area contributed by atoms with Crippen LogP contribution >= 0.6 is 0 Å². The van der Waals surface area contributed by atoms with E-state index in [0.29, 0.717) is 13.4 Å². The first-order chi connectivity index (χ1) is 10.8. The highest BCUT2D eigenvalue weighted by atomic mass is 16.7. The lowest BCUT2D eigenvalue weighted by molar-refractivity contribution is 0.174. The minimum Gasteiger partial charge on any atom is -0.488 e. The molecule has 0 aliphatic carbocycles. The Morgan fingerprint density at radius 2 is 1.73 bits per heavy atom. The van der Waals surface area contributed by atoms with Crippen LogP contribution in [0.5, 0.6) is 17.2 Å². The summed E-state index contributed by atoms with van der Waals surface area (Å²) < 4.78 is 16.5. The molecule has 0 N–H and O–H groups in total. The van der Waals surface area contributed by atoms with E-state index in [-0.39, 0.29) is 0 Å². The molecule has 110 valence electrons. The minimum absolute atomic E-state index is 0.303. The molecule has 0 amide bonds. The smallest absolute Gasteiger partial charge is 0.231 e. The Balaban J connectivity index is 1.58. The second kappa shape index (κ2) is 5.26. The third kappa shape index (κ3) is 2.46. The van der Waals surface area contributed by atoms with E-state index in [2.05, 4.69) is 37.3 Å². The van der Waals surface area contributed by atoms with Crippen LogP contribution in [0, 0.1) is 6.92 Å². The van der Waals surface area contributed by atoms with Crippen molar-refractivity contribution in [3.8, 4) is 17.2 Å². The quantitative estimate of drug-likeness (QED) is 0.829. The molecule has 4 rings (SSSR count). The lowest BCUT2D eigenvalue weighted by Crippen LogP contribution is -2.05. The first-order valence-corrected chi connectivity index (χ1v) is 7.30. The molecule has 0 fully saturated rings. The standard InChI is InChI=1S/C19H16O3/c1-13-2-6-17-16(8-13)9-15(11-20-17)4-3-14-5-7-18-19(10-14)22-12-21-18/h2-10H,11-12H2,1H3/b4-3+. The second-order valence-electron chi connectivity index (χ2n) is 5.50. The summed E-state index contributed by atoms with van der Waals surface area (Å²) in [5.41, 5.74) is 4.60. The third-order valence-electron chi connectivity index (χ3n) is 3.79. The summed E-state index contributed by atoms with van der Waals surface area (Å²) in [6, 6.07) is 12.2. The maximum Gasteiger partial charge on any atom is 0.231 e. The van der Waals surface area contributed by atoms with Crippen LogP contribution in [-0.2, 0) is 0 Å². The summed E-state index contributed by atoms with van der Waals surface area (Å²) in [4.78, 5) is 0. The fourth-order valence-electron chi connectivity index (χ4n) is 2.63. The lowest BCUT2D eigenvalue weighted by Gasteiger charge is -2.16. The molecule has 2 aliphatic heterocycles. The zero-order valence-corrected chi connectivity index (χ0v) is 12.3. The fourth-order valence-corrected chi connectivity index (χ4v) is 2.63. The number of hydrogen-bond acceptors (Lipinski definition) is 3. The first kappa shape index (κ1) is 13.0. The van der Waals surface area contributed by atoms with Crippen LogP contribution in [-0.4, -0.2) is 13.4 Å². The number of benzene rings is 2. The predicted molar refractivity (Wildman–Crippen MR) is 86.3 cm³/mol. The van der Waals surface area contributed by atoms with Crippen molar-refractivity contribution in [2.45, 2.75) is 6.92 Å². The summed E-state index contributed by atoms with van der Waals surface area (Å²) in [5, 5.41) is 0. The van der Waals surface area contributed by atoms with Crippen LogP contribution in [0.15, 0.2) is 48.0 Å². The van der Waals surface area contributed by atoms with Crippen LogP contribution in [0.2, 0.25) is 0 Å². The summed E-state index contributed by atoms with van der Waals surface area (Å²) in [7, 11) is 0. The van der Waals surface area contributed by atoms with Crippen molar-refractivity contribution < 1.29 is 14.2 Å². The number of aryl methyl sites for hydroxylation is 1.